The molecule has 3 heteroatoms. The summed E-state index contributed by atoms with van der Waals surface area (Å²) in [6.07, 6.45) is 6.11. The van der Waals surface area contributed by atoms with Crippen molar-refractivity contribution in [1.29, 1.82) is 0 Å². The Morgan fingerprint density at radius 2 is 2.18 bits per heavy atom. The van der Waals surface area contributed by atoms with E-state index in [4.69, 9.17) is 5.73 Å². The number of pyridine rings is 1. The highest BCUT2D eigenvalue weighted by Crippen LogP contribution is 2.39. The Morgan fingerprint density at radius 3 is 2.82 bits per heavy atom. The van der Waals surface area contributed by atoms with Gasteiger partial charge in [-0.15, -0.1) is 0 Å². The number of hydrogen-bond acceptors (Lipinski definition) is 2. The Labute approximate surface area is 102 Å². The van der Waals surface area contributed by atoms with Crippen molar-refractivity contribution < 1.29 is 4.39 Å². The van der Waals surface area contributed by atoms with Crippen molar-refractivity contribution in [1.82, 2.24) is 4.98 Å². The Bertz CT molecular complexity index is 378. The van der Waals surface area contributed by atoms with E-state index in [0.29, 0.717) is 11.8 Å². The maximum Gasteiger partial charge on any atom is 0.145 e. The molecule has 3 atom stereocenters. The van der Waals surface area contributed by atoms with Gasteiger partial charge in [0, 0.05) is 18.2 Å². The van der Waals surface area contributed by atoms with Gasteiger partial charge < -0.3 is 5.73 Å². The lowest BCUT2D eigenvalue weighted by Crippen LogP contribution is -2.36. The third kappa shape index (κ3) is 2.65. The van der Waals surface area contributed by atoms with Crippen LogP contribution in [-0.4, -0.2) is 11.0 Å². The van der Waals surface area contributed by atoms with Crippen LogP contribution in [0.3, 0.4) is 0 Å². The highest BCUT2D eigenvalue weighted by atomic mass is 19.1. The summed E-state index contributed by atoms with van der Waals surface area (Å²) in [7, 11) is 0. The summed E-state index contributed by atoms with van der Waals surface area (Å²) in [6, 6.07) is 1.87. The van der Waals surface area contributed by atoms with Gasteiger partial charge >= 0.3 is 0 Å². The van der Waals surface area contributed by atoms with Crippen LogP contribution in [0.4, 0.5) is 4.39 Å². The second kappa shape index (κ2) is 5.13. The molecule has 1 aromatic heterocycles. The molecule has 0 radical (unpaired) electrons. The molecule has 2 rings (SSSR count). The molecule has 17 heavy (non-hydrogen) atoms. The molecule has 0 saturated heterocycles. The molecule has 1 saturated carbocycles. The van der Waals surface area contributed by atoms with Crippen LogP contribution in [0.2, 0.25) is 0 Å². The lowest BCUT2D eigenvalue weighted by Gasteiger charge is -2.36. The van der Waals surface area contributed by atoms with Gasteiger partial charge in [0.05, 0.1) is 6.20 Å². The van der Waals surface area contributed by atoms with Crippen LogP contribution in [-0.2, 0) is 0 Å². The molecule has 1 heterocycles. The number of aromatic nitrogens is 1. The van der Waals surface area contributed by atoms with Gasteiger partial charge in [-0.25, -0.2) is 4.39 Å². The van der Waals surface area contributed by atoms with Gasteiger partial charge in [0.2, 0.25) is 0 Å². The van der Waals surface area contributed by atoms with Gasteiger partial charge in [0.25, 0.3) is 0 Å². The normalized spacial score (nSPS) is 29.6. The van der Waals surface area contributed by atoms with Crippen molar-refractivity contribution in [3.05, 3.63) is 29.8 Å². The van der Waals surface area contributed by atoms with Crippen molar-refractivity contribution in [2.24, 2.45) is 17.6 Å². The molecule has 0 bridgehead atoms. The van der Waals surface area contributed by atoms with E-state index in [1.54, 1.807) is 12.3 Å². The summed E-state index contributed by atoms with van der Waals surface area (Å²) in [4.78, 5) is 3.80. The predicted molar refractivity (Wildman–Crippen MR) is 67.1 cm³/mol. The number of hydrogen-bond donors (Lipinski definition) is 1. The molecule has 2 nitrogen and oxygen atoms in total. The van der Waals surface area contributed by atoms with Gasteiger partial charge in [-0.2, -0.15) is 0 Å². The van der Waals surface area contributed by atoms with Crippen LogP contribution >= 0.6 is 0 Å². The lowest BCUT2D eigenvalue weighted by molar-refractivity contribution is 0.230. The van der Waals surface area contributed by atoms with Crippen LogP contribution in [0.15, 0.2) is 18.5 Å². The van der Waals surface area contributed by atoms with E-state index in [2.05, 4.69) is 18.8 Å². The van der Waals surface area contributed by atoms with Crippen molar-refractivity contribution in [3.63, 3.8) is 0 Å². The van der Waals surface area contributed by atoms with Gasteiger partial charge in [-0.05, 0) is 42.7 Å². The summed E-state index contributed by atoms with van der Waals surface area (Å²) in [6.45, 7) is 4.48. The Morgan fingerprint density at radius 1 is 1.41 bits per heavy atom. The predicted octanol–water partition coefficient (Wildman–Crippen LogP) is 3.09. The fourth-order valence-electron chi connectivity index (χ4n) is 2.88. The molecular weight excluding hydrogens is 215 g/mol. The zero-order valence-electron chi connectivity index (χ0n) is 10.6. The van der Waals surface area contributed by atoms with Crippen LogP contribution in [0.25, 0.3) is 0 Å². The lowest BCUT2D eigenvalue weighted by atomic mass is 9.71. The molecule has 0 spiro atoms. The van der Waals surface area contributed by atoms with E-state index in [1.807, 2.05) is 0 Å². The zero-order chi connectivity index (χ0) is 12.4. The first-order chi connectivity index (χ1) is 8.09. The number of nitrogens with zero attached hydrogens (tertiary/aromatic N) is 1. The molecule has 0 amide bonds. The van der Waals surface area contributed by atoms with Gasteiger partial charge in [0.1, 0.15) is 5.82 Å². The van der Waals surface area contributed by atoms with Gasteiger partial charge in [0.15, 0.2) is 0 Å². The smallest absolute Gasteiger partial charge is 0.145 e. The first kappa shape index (κ1) is 12.5. The minimum absolute atomic E-state index is 0.0851. The highest BCUT2D eigenvalue weighted by Gasteiger charge is 2.32. The van der Waals surface area contributed by atoms with E-state index in [9.17, 15) is 4.39 Å². The summed E-state index contributed by atoms with van der Waals surface area (Å²) < 4.78 is 13.8. The summed E-state index contributed by atoms with van der Waals surface area (Å²) in [5.74, 6) is 1.25. The highest BCUT2D eigenvalue weighted by molar-refractivity contribution is 5.21. The molecule has 3 unspecified atom stereocenters. The third-order valence-electron chi connectivity index (χ3n) is 4.09. The maximum atomic E-state index is 13.8. The standard InChI is InChI=1S/C14H21FN2/c1-9(2)10-3-4-14(16)12(7-10)11-5-6-17-8-13(11)15/h5-6,8-10,12,14H,3-4,7,16H2,1-2H3. The van der Waals surface area contributed by atoms with Crippen molar-refractivity contribution in [3.8, 4) is 0 Å². The molecule has 1 aromatic rings. The Kier molecular flexibility index (Phi) is 3.77. The Balaban J connectivity index is 2.21. The molecule has 2 N–H and O–H groups in total. The fraction of sp³-hybridized carbons (Fsp3) is 0.643. The summed E-state index contributed by atoms with van der Waals surface area (Å²) in [5.41, 5.74) is 6.90. The van der Waals surface area contributed by atoms with Crippen molar-refractivity contribution in [2.45, 2.75) is 45.1 Å². The molecule has 1 aliphatic rings. The van der Waals surface area contributed by atoms with Crippen LogP contribution in [0.5, 0.6) is 0 Å². The maximum absolute atomic E-state index is 13.8. The second-order valence-electron chi connectivity index (χ2n) is 5.48. The van der Waals surface area contributed by atoms with E-state index in [1.165, 1.54) is 12.6 Å². The van der Waals surface area contributed by atoms with Crippen LogP contribution in [0.1, 0.15) is 44.6 Å². The van der Waals surface area contributed by atoms with Crippen LogP contribution in [0, 0.1) is 17.7 Å². The largest absolute Gasteiger partial charge is 0.327 e. The van der Waals surface area contributed by atoms with E-state index in [-0.39, 0.29) is 17.8 Å². The number of rotatable bonds is 2. The Hall–Kier alpha value is -0.960. The first-order valence-corrected chi connectivity index (χ1v) is 6.44. The molecule has 94 valence electrons. The minimum Gasteiger partial charge on any atom is -0.327 e. The quantitative estimate of drug-likeness (QED) is 0.857. The first-order valence-electron chi connectivity index (χ1n) is 6.44. The molecule has 0 aromatic carbocycles. The third-order valence-corrected chi connectivity index (χ3v) is 4.09. The molecule has 0 aliphatic heterocycles. The number of nitrogens with two attached hydrogens (primary N) is 1. The summed E-state index contributed by atoms with van der Waals surface area (Å²) in [5, 5.41) is 0. The second-order valence-corrected chi connectivity index (χ2v) is 5.48. The monoisotopic (exact) mass is 236 g/mol. The fourth-order valence-corrected chi connectivity index (χ4v) is 2.88. The van der Waals surface area contributed by atoms with Gasteiger partial charge in [-0.3, -0.25) is 4.98 Å². The minimum atomic E-state index is -0.211. The van der Waals surface area contributed by atoms with E-state index in [0.717, 1.165) is 18.4 Å². The van der Waals surface area contributed by atoms with Crippen LogP contribution < -0.4 is 5.73 Å². The topological polar surface area (TPSA) is 38.9 Å². The van der Waals surface area contributed by atoms with Crippen molar-refractivity contribution >= 4 is 0 Å². The average Bonchev–Trinajstić information content (AvgIpc) is 2.30. The molecule has 1 aliphatic carbocycles. The van der Waals surface area contributed by atoms with Gasteiger partial charge in [-0.1, -0.05) is 13.8 Å². The van der Waals surface area contributed by atoms with E-state index >= 15 is 0 Å². The SMILES string of the molecule is CC(C)C1CCC(N)C(c2ccncc2F)C1. The molecule has 1 fully saturated rings. The zero-order valence-corrected chi connectivity index (χ0v) is 10.6. The number of halogens is 1. The summed E-state index contributed by atoms with van der Waals surface area (Å²) >= 11 is 0. The van der Waals surface area contributed by atoms with E-state index < -0.39 is 0 Å². The van der Waals surface area contributed by atoms with Crippen molar-refractivity contribution in [2.75, 3.05) is 0 Å². The molecular formula is C14H21FN2. The average molecular weight is 236 g/mol.